The first-order chi connectivity index (χ1) is 6.77. The number of hydrogen-bond acceptors (Lipinski definition) is 3. The van der Waals surface area contributed by atoms with Gasteiger partial charge in [-0.2, -0.15) is 0 Å². The van der Waals surface area contributed by atoms with Gasteiger partial charge in [0.25, 0.3) is 0 Å². The molecule has 1 fully saturated rings. The Balaban J connectivity index is 2.38. The maximum atomic E-state index is 11.1. The molecular formula is C11H21NO2. The van der Waals surface area contributed by atoms with Crippen molar-refractivity contribution in [3.63, 3.8) is 0 Å². The molecule has 0 aliphatic carbocycles. The lowest BCUT2D eigenvalue weighted by Crippen LogP contribution is -2.43. The third-order valence-electron chi connectivity index (χ3n) is 2.85. The van der Waals surface area contributed by atoms with E-state index in [1.54, 1.807) is 7.11 Å². The summed E-state index contributed by atoms with van der Waals surface area (Å²) >= 11 is 0. The number of Topliss-reactive ketones (excluding diaryl/α,β-unsaturated/α-hetero) is 1. The summed E-state index contributed by atoms with van der Waals surface area (Å²) < 4.78 is 5.21. The van der Waals surface area contributed by atoms with Gasteiger partial charge in [0, 0.05) is 39.1 Å². The zero-order valence-electron chi connectivity index (χ0n) is 9.29. The van der Waals surface area contributed by atoms with Gasteiger partial charge < -0.3 is 4.74 Å². The molecule has 0 spiro atoms. The Labute approximate surface area is 86.4 Å². The summed E-state index contributed by atoms with van der Waals surface area (Å²) in [5.74, 6) is 0.411. The van der Waals surface area contributed by atoms with Crippen molar-refractivity contribution in [3.8, 4) is 0 Å². The van der Waals surface area contributed by atoms with Crippen LogP contribution in [0, 0.1) is 0 Å². The first-order valence-electron chi connectivity index (χ1n) is 5.52. The van der Waals surface area contributed by atoms with E-state index in [0.29, 0.717) is 11.8 Å². The largest absolute Gasteiger partial charge is 0.383 e. The molecule has 0 bridgehead atoms. The van der Waals surface area contributed by atoms with Crippen LogP contribution in [0.2, 0.25) is 0 Å². The monoisotopic (exact) mass is 199 g/mol. The number of carbonyl (C=O) groups excluding carboxylic acids is 1. The van der Waals surface area contributed by atoms with Crippen molar-refractivity contribution in [2.75, 3.05) is 26.8 Å². The number of piperidine rings is 1. The Morgan fingerprint density at radius 3 is 2.57 bits per heavy atom. The van der Waals surface area contributed by atoms with Gasteiger partial charge in [-0.25, -0.2) is 0 Å². The summed E-state index contributed by atoms with van der Waals surface area (Å²) in [4.78, 5) is 13.5. The zero-order valence-corrected chi connectivity index (χ0v) is 9.29. The van der Waals surface area contributed by atoms with Gasteiger partial charge in [-0.05, 0) is 6.42 Å². The standard InChI is InChI=1S/C11H21NO2/c1-3-4-10(9-14-2)12-7-5-11(13)6-8-12/h10H,3-9H2,1-2H3. The maximum Gasteiger partial charge on any atom is 0.135 e. The maximum absolute atomic E-state index is 11.1. The Bertz CT molecular complexity index is 166. The van der Waals surface area contributed by atoms with E-state index >= 15 is 0 Å². The van der Waals surface area contributed by atoms with E-state index in [-0.39, 0.29) is 0 Å². The number of rotatable bonds is 5. The van der Waals surface area contributed by atoms with E-state index < -0.39 is 0 Å². The molecule has 3 heteroatoms. The van der Waals surface area contributed by atoms with Crippen molar-refractivity contribution in [1.82, 2.24) is 4.90 Å². The van der Waals surface area contributed by atoms with Gasteiger partial charge in [0.2, 0.25) is 0 Å². The van der Waals surface area contributed by atoms with Crippen LogP contribution in [0.3, 0.4) is 0 Å². The van der Waals surface area contributed by atoms with E-state index in [0.717, 1.165) is 32.5 Å². The molecule has 1 atom stereocenters. The smallest absolute Gasteiger partial charge is 0.135 e. The highest BCUT2D eigenvalue weighted by Gasteiger charge is 2.22. The molecule has 3 nitrogen and oxygen atoms in total. The van der Waals surface area contributed by atoms with Crippen LogP contribution in [-0.4, -0.2) is 43.5 Å². The highest BCUT2D eigenvalue weighted by molar-refractivity contribution is 5.79. The lowest BCUT2D eigenvalue weighted by molar-refractivity contribution is -0.122. The number of hydrogen-bond donors (Lipinski definition) is 0. The average Bonchev–Trinajstić information content (AvgIpc) is 2.19. The van der Waals surface area contributed by atoms with Crippen LogP contribution in [0.15, 0.2) is 0 Å². The minimum absolute atomic E-state index is 0.411. The molecule has 0 aromatic carbocycles. The Morgan fingerprint density at radius 2 is 2.07 bits per heavy atom. The van der Waals surface area contributed by atoms with E-state index in [2.05, 4.69) is 11.8 Å². The topological polar surface area (TPSA) is 29.5 Å². The van der Waals surface area contributed by atoms with E-state index in [9.17, 15) is 4.79 Å². The molecule has 1 aliphatic heterocycles. The van der Waals surface area contributed by atoms with Crippen molar-refractivity contribution in [2.45, 2.75) is 38.6 Å². The fraction of sp³-hybridized carbons (Fsp3) is 0.909. The Kier molecular flexibility index (Phi) is 5.12. The summed E-state index contributed by atoms with van der Waals surface area (Å²) in [7, 11) is 1.75. The zero-order chi connectivity index (χ0) is 10.4. The van der Waals surface area contributed by atoms with Crippen molar-refractivity contribution >= 4 is 5.78 Å². The fourth-order valence-electron chi connectivity index (χ4n) is 2.04. The van der Waals surface area contributed by atoms with Crippen LogP contribution in [0.5, 0.6) is 0 Å². The Hall–Kier alpha value is -0.410. The van der Waals surface area contributed by atoms with Crippen LogP contribution in [0.4, 0.5) is 0 Å². The lowest BCUT2D eigenvalue weighted by Gasteiger charge is -2.33. The molecule has 0 aromatic rings. The van der Waals surface area contributed by atoms with Crippen molar-refractivity contribution in [3.05, 3.63) is 0 Å². The second-order valence-corrected chi connectivity index (χ2v) is 3.97. The third kappa shape index (κ3) is 3.39. The molecule has 1 heterocycles. The number of nitrogens with zero attached hydrogens (tertiary/aromatic N) is 1. The van der Waals surface area contributed by atoms with Crippen LogP contribution in [-0.2, 0) is 9.53 Å². The molecule has 0 amide bonds. The average molecular weight is 199 g/mol. The minimum atomic E-state index is 0.411. The summed E-state index contributed by atoms with van der Waals surface area (Å²) in [6.45, 7) is 4.83. The van der Waals surface area contributed by atoms with Gasteiger partial charge >= 0.3 is 0 Å². The summed E-state index contributed by atoms with van der Waals surface area (Å²) in [6, 6.07) is 0.512. The quantitative estimate of drug-likeness (QED) is 0.671. The molecule has 14 heavy (non-hydrogen) atoms. The van der Waals surface area contributed by atoms with Gasteiger partial charge in [0.15, 0.2) is 0 Å². The van der Waals surface area contributed by atoms with E-state index in [4.69, 9.17) is 4.74 Å². The second kappa shape index (κ2) is 6.14. The minimum Gasteiger partial charge on any atom is -0.383 e. The first-order valence-corrected chi connectivity index (χ1v) is 5.52. The van der Waals surface area contributed by atoms with Gasteiger partial charge in [0.05, 0.1) is 6.61 Å². The van der Waals surface area contributed by atoms with Gasteiger partial charge in [0.1, 0.15) is 5.78 Å². The predicted molar refractivity (Wildman–Crippen MR) is 56.4 cm³/mol. The number of methoxy groups -OCH3 is 1. The molecular weight excluding hydrogens is 178 g/mol. The lowest BCUT2D eigenvalue weighted by atomic mass is 10.0. The summed E-state index contributed by atoms with van der Waals surface area (Å²) in [6.07, 6.45) is 3.80. The number of ether oxygens (including phenoxy) is 1. The van der Waals surface area contributed by atoms with Gasteiger partial charge in [-0.1, -0.05) is 13.3 Å². The molecule has 0 aromatic heterocycles. The second-order valence-electron chi connectivity index (χ2n) is 3.97. The highest BCUT2D eigenvalue weighted by atomic mass is 16.5. The van der Waals surface area contributed by atoms with Crippen LogP contribution >= 0.6 is 0 Å². The van der Waals surface area contributed by atoms with Crippen LogP contribution in [0.1, 0.15) is 32.6 Å². The fourth-order valence-corrected chi connectivity index (χ4v) is 2.04. The van der Waals surface area contributed by atoms with Gasteiger partial charge in [-0.3, -0.25) is 9.69 Å². The highest BCUT2D eigenvalue weighted by Crippen LogP contribution is 2.13. The number of ketones is 1. The molecule has 0 N–H and O–H groups in total. The molecule has 1 rings (SSSR count). The Morgan fingerprint density at radius 1 is 1.43 bits per heavy atom. The molecule has 82 valence electrons. The summed E-state index contributed by atoms with van der Waals surface area (Å²) in [5.41, 5.74) is 0. The molecule has 0 saturated carbocycles. The normalized spacial score (nSPS) is 21.1. The first kappa shape index (κ1) is 11.7. The SMILES string of the molecule is CCCC(COC)N1CCC(=O)CC1. The van der Waals surface area contributed by atoms with E-state index in [1.807, 2.05) is 0 Å². The van der Waals surface area contributed by atoms with Crippen molar-refractivity contribution < 1.29 is 9.53 Å². The van der Waals surface area contributed by atoms with E-state index in [1.165, 1.54) is 12.8 Å². The summed E-state index contributed by atoms with van der Waals surface area (Å²) in [5, 5.41) is 0. The van der Waals surface area contributed by atoms with Crippen LogP contribution < -0.4 is 0 Å². The third-order valence-corrected chi connectivity index (χ3v) is 2.85. The molecule has 1 aliphatic rings. The number of carbonyl (C=O) groups is 1. The van der Waals surface area contributed by atoms with Crippen LogP contribution in [0.25, 0.3) is 0 Å². The molecule has 1 saturated heterocycles. The number of likely N-dealkylation sites (tertiary alicyclic amines) is 1. The van der Waals surface area contributed by atoms with Crippen molar-refractivity contribution in [1.29, 1.82) is 0 Å². The predicted octanol–water partition coefficient (Wildman–Crippen LogP) is 1.47. The van der Waals surface area contributed by atoms with Crippen molar-refractivity contribution in [2.24, 2.45) is 0 Å². The van der Waals surface area contributed by atoms with Gasteiger partial charge in [-0.15, -0.1) is 0 Å². The molecule has 0 radical (unpaired) electrons. The molecule has 1 unspecified atom stereocenters.